The van der Waals surface area contributed by atoms with E-state index in [9.17, 15) is 14.4 Å². The Morgan fingerprint density at radius 3 is 2.44 bits per heavy atom. The summed E-state index contributed by atoms with van der Waals surface area (Å²) in [5.41, 5.74) is 6.11. The van der Waals surface area contributed by atoms with Crippen LogP contribution in [0.15, 0.2) is 30.3 Å². The van der Waals surface area contributed by atoms with Gasteiger partial charge in [0.2, 0.25) is 5.91 Å². The summed E-state index contributed by atoms with van der Waals surface area (Å²) >= 11 is 0. The summed E-state index contributed by atoms with van der Waals surface area (Å²) in [7, 11) is 0. The van der Waals surface area contributed by atoms with E-state index in [-0.39, 0.29) is 31.0 Å². The largest absolute Gasteiger partial charge is 0.458 e. The molecule has 3 N–H and O–H groups in total. The minimum absolute atomic E-state index is 0. The Morgan fingerprint density at radius 2 is 1.85 bits per heavy atom. The molecule has 3 atom stereocenters. The fraction of sp³-hybridized carbons (Fsp3) is 0.625. The Hall–Kier alpha value is -2.36. The summed E-state index contributed by atoms with van der Waals surface area (Å²) < 4.78 is 16.4. The lowest BCUT2D eigenvalue weighted by Crippen LogP contribution is -2.53. The molecule has 0 bridgehead atoms. The maximum absolute atomic E-state index is 12.9. The van der Waals surface area contributed by atoms with Crippen LogP contribution in [0.25, 0.3) is 0 Å². The molecule has 0 saturated carbocycles. The molecule has 2 amide bonds. The molecule has 1 aromatic rings. The van der Waals surface area contributed by atoms with Gasteiger partial charge in [0.1, 0.15) is 12.2 Å². The van der Waals surface area contributed by atoms with Gasteiger partial charge in [0.25, 0.3) is 0 Å². The molecule has 1 heterocycles. The molecule has 1 fully saturated rings. The highest BCUT2D eigenvalue weighted by molar-refractivity contribution is 5.87. The van der Waals surface area contributed by atoms with Crippen molar-refractivity contribution in [1.29, 1.82) is 0 Å². The Kier molecular flexibility index (Phi) is 11.8. The van der Waals surface area contributed by atoms with E-state index in [0.717, 1.165) is 5.56 Å². The van der Waals surface area contributed by atoms with E-state index < -0.39 is 35.7 Å². The van der Waals surface area contributed by atoms with Crippen molar-refractivity contribution in [3.8, 4) is 0 Å². The maximum atomic E-state index is 12.9. The third-order valence-corrected chi connectivity index (χ3v) is 4.99. The number of ether oxygens (including phenoxy) is 3. The van der Waals surface area contributed by atoms with Crippen LogP contribution in [0.3, 0.4) is 0 Å². The number of morpholine rings is 1. The molecule has 0 aliphatic carbocycles. The molecule has 9 nitrogen and oxygen atoms in total. The second kappa shape index (κ2) is 13.5. The van der Waals surface area contributed by atoms with Crippen molar-refractivity contribution < 1.29 is 28.6 Å². The monoisotopic (exact) mass is 499 g/mol. The number of nitrogens with two attached hydrogens (primary N) is 1. The van der Waals surface area contributed by atoms with E-state index in [2.05, 4.69) is 5.32 Å². The maximum Gasteiger partial charge on any atom is 0.410 e. The van der Waals surface area contributed by atoms with Gasteiger partial charge in [-0.15, -0.1) is 12.4 Å². The SMILES string of the molecule is CC(C)C[C@H](N)C(=O)N[C@@H](COC(=O)N1CCOCC1c1ccccc1)C(=O)OC(C)(C)C.Cl. The minimum Gasteiger partial charge on any atom is -0.458 e. The molecular formula is C24H38ClN3O6. The average Bonchev–Trinajstić information content (AvgIpc) is 2.75. The van der Waals surface area contributed by atoms with Crippen LogP contribution in [0.2, 0.25) is 0 Å². The van der Waals surface area contributed by atoms with Crippen molar-refractivity contribution >= 4 is 30.4 Å². The van der Waals surface area contributed by atoms with Gasteiger partial charge in [-0.05, 0) is 38.7 Å². The van der Waals surface area contributed by atoms with Crippen LogP contribution in [-0.4, -0.2) is 66.9 Å². The highest BCUT2D eigenvalue weighted by atomic mass is 35.5. The first-order chi connectivity index (χ1) is 15.5. The zero-order valence-corrected chi connectivity index (χ0v) is 21.4. The third kappa shape index (κ3) is 9.48. The number of nitrogens with zero attached hydrogens (tertiary/aromatic N) is 1. The molecule has 34 heavy (non-hydrogen) atoms. The smallest absolute Gasteiger partial charge is 0.410 e. The van der Waals surface area contributed by atoms with Gasteiger partial charge in [0.15, 0.2) is 6.04 Å². The topological polar surface area (TPSA) is 120 Å². The first-order valence-electron chi connectivity index (χ1n) is 11.3. The third-order valence-electron chi connectivity index (χ3n) is 4.99. The lowest BCUT2D eigenvalue weighted by atomic mass is 10.0. The Morgan fingerprint density at radius 1 is 1.21 bits per heavy atom. The minimum atomic E-state index is -1.17. The molecular weight excluding hydrogens is 462 g/mol. The van der Waals surface area contributed by atoms with Crippen LogP contribution in [0.5, 0.6) is 0 Å². The molecule has 1 saturated heterocycles. The van der Waals surface area contributed by atoms with Gasteiger partial charge < -0.3 is 25.3 Å². The van der Waals surface area contributed by atoms with Crippen molar-refractivity contribution in [2.45, 2.75) is 64.8 Å². The lowest BCUT2D eigenvalue weighted by Gasteiger charge is -2.35. The van der Waals surface area contributed by atoms with E-state index >= 15 is 0 Å². The van der Waals surface area contributed by atoms with Crippen LogP contribution in [0.4, 0.5) is 4.79 Å². The predicted molar refractivity (Wildman–Crippen MR) is 131 cm³/mol. The fourth-order valence-electron chi connectivity index (χ4n) is 3.45. The summed E-state index contributed by atoms with van der Waals surface area (Å²) in [6.07, 6.45) is -0.138. The normalized spacial score (nSPS) is 17.9. The molecule has 0 spiro atoms. The lowest BCUT2D eigenvalue weighted by molar-refractivity contribution is -0.160. The van der Waals surface area contributed by atoms with Crippen molar-refractivity contribution in [2.75, 3.05) is 26.4 Å². The molecule has 192 valence electrons. The number of esters is 1. The molecule has 1 unspecified atom stereocenters. The number of carbonyl (C=O) groups is 3. The predicted octanol–water partition coefficient (Wildman–Crippen LogP) is 2.82. The van der Waals surface area contributed by atoms with Crippen LogP contribution in [0, 0.1) is 5.92 Å². The molecule has 10 heteroatoms. The van der Waals surface area contributed by atoms with Crippen molar-refractivity contribution in [1.82, 2.24) is 10.2 Å². The molecule has 1 aromatic carbocycles. The molecule has 2 rings (SSSR count). The zero-order valence-electron chi connectivity index (χ0n) is 20.6. The van der Waals surface area contributed by atoms with Crippen molar-refractivity contribution in [3.05, 3.63) is 35.9 Å². The second-order valence-corrected chi connectivity index (χ2v) is 9.60. The first-order valence-corrected chi connectivity index (χ1v) is 11.3. The molecule has 1 aliphatic rings. The van der Waals surface area contributed by atoms with Gasteiger partial charge in [-0.3, -0.25) is 9.69 Å². The van der Waals surface area contributed by atoms with Gasteiger partial charge in [-0.1, -0.05) is 44.2 Å². The first kappa shape index (κ1) is 29.7. The van der Waals surface area contributed by atoms with Gasteiger partial charge in [-0.2, -0.15) is 0 Å². The van der Waals surface area contributed by atoms with Gasteiger partial charge in [-0.25, -0.2) is 9.59 Å². The fourth-order valence-corrected chi connectivity index (χ4v) is 3.45. The van der Waals surface area contributed by atoms with E-state index in [4.69, 9.17) is 19.9 Å². The number of benzene rings is 1. The summed E-state index contributed by atoms with van der Waals surface area (Å²) in [4.78, 5) is 39.7. The van der Waals surface area contributed by atoms with Crippen LogP contribution in [0.1, 0.15) is 52.6 Å². The quantitative estimate of drug-likeness (QED) is 0.527. The summed E-state index contributed by atoms with van der Waals surface area (Å²) in [6.45, 7) is 9.77. The number of halogens is 1. The summed E-state index contributed by atoms with van der Waals surface area (Å²) in [6, 6.07) is 7.25. The van der Waals surface area contributed by atoms with Gasteiger partial charge in [0, 0.05) is 6.54 Å². The molecule has 0 aromatic heterocycles. The molecule has 1 aliphatic heterocycles. The Bertz CT molecular complexity index is 800. The summed E-state index contributed by atoms with van der Waals surface area (Å²) in [5.74, 6) is -0.981. The highest BCUT2D eigenvalue weighted by Gasteiger charge is 2.33. The van der Waals surface area contributed by atoms with E-state index in [1.54, 1.807) is 25.7 Å². The van der Waals surface area contributed by atoms with Crippen molar-refractivity contribution in [2.24, 2.45) is 11.7 Å². The second-order valence-electron chi connectivity index (χ2n) is 9.60. The van der Waals surface area contributed by atoms with Crippen LogP contribution in [-0.2, 0) is 23.8 Å². The van der Waals surface area contributed by atoms with Crippen LogP contribution < -0.4 is 11.1 Å². The van der Waals surface area contributed by atoms with Gasteiger partial charge in [0.05, 0.1) is 25.3 Å². The Labute approximate surface area is 208 Å². The van der Waals surface area contributed by atoms with Gasteiger partial charge >= 0.3 is 12.1 Å². The van der Waals surface area contributed by atoms with E-state index in [1.165, 1.54) is 0 Å². The number of amides is 2. The van der Waals surface area contributed by atoms with E-state index in [0.29, 0.717) is 26.2 Å². The van der Waals surface area contributed by atoms with E-state index in [1.807, 2.05) is 44.2 Å². The standard InChI is InChI=1S/C24H37N3O6.ClH/c1-16(2)13-18(25)21(28)26-19(22(29)33-24(3,4)5)14-32-23(30)27-11-12-31-15-20(27)17-9-7-6-8-10-17;/h6-10,16,18-20H,11-15,25H2,1-5H3,(H,26,28);1H/t18-,19-,20?;/m0./s1. The number of nitrogens with one attached hydrogen (secondary N) is 1. The number of hydrogen-bond donors (Lipinski definition) is 2. The number of hydrogen-bond acceptors (Lipinski definition) is 7. The van der Waals surface area contributed by atoms with Crippen LogP contribution >= 0.6 is 12.4 Å². The average molecular weight is 500 g/mol. The van der Waals surface area contributed by atoms with Crippen molar-refractivity contribution in [3.63, 3.8) is 0 Å². The number of rotatable bonds is 8. The summed E-state index contributed by atoms with van der Waals surface area (Å²) in [5, 5.41) is 2.59. The number of carbonyl (C=O) groups excluding carboxylic acids is 3. The zero-order chi connectivity index (χ0) is 24.6. The Balaban J connectivity index is 0.00000578. The molecule has 0 radical (unpaired) electrons. The highest BCUT2D eigenvalue weighted by Crippen LogP contribution is 2.24.